The van der Waals surface area contributed by atoms with Crippen molar-refractivity contribution in [2.75, 3.05) is 27.3 Å². The van der Waals surface area contributed by atoms with Crippen molar-refractivity contribution in [3.05, 3.63) is 58.5 Å². The second-order valence-electron chi connectivity index (χ2n) is 11.5. The SMILES string of the molecule is CO[C@H]1/C=C\C=C(/C)C(=O)NC2=CC(=O)C(N3CCC3)=C(C[C@@H](C)C[C@H](OC)[C@H](C)[C@@H](C)/C=C(\C)[C@@H]1C)C2=O. The van der Waals surface area contributed by atoms with E-state index in [-0.39, 0.29) is 53.1 Å². The van der Waals surface area contributed by atoms with E-state index in [1.165, 1.54) is 11.6 Å². The third-order valence-corrected chi connectivity index (χ3v) is 8.65. The van der Waals surface area contributed by atoms with Crippen LogP contribution in [0.3, 0.4) is 0 Å². The van der Waals surface area contributed by atoms with Crippen LogP contribution < -0.4 is 5.32 Å². The molecule has 1 N–H and O–H groups in total. The lowest BCUT2D eigenvalue weighted by atomic mass is 9.81. The van der Waals surface area contributed by atoms with Crippen LogP contribution in [-0.2, 0) is 23.9 Å². The molecule has 1 amide bonds. The number of ketones is 2. The lowest BCUT2D eigenvalue weighted by Gasteiger charge is -2.37. The van der Waals surface area contributed by atoms with Gasteiger partial charge in [-0.3, -0.25) is 14.4 Å². The zero-order valence-electron chi connectivity index (χ0n) is 24.9. The zero-order chi connectivity index (χ0) is 28.9. The smallest absolute Gasteiger partial charge is 0.251 e. The number of nitrogens with one attached hydrogen (secondary N) is 1. The maximum Gasteiger partial charge on any atom is 0.251 e. The standard InChI is InChI=1S/C32H46N2O5/c1-19-15-25-30(34-13-10-14-34)27(35)18-26(31(25)36)33-32(37)20(2)11-9-12-28(38-7)23(5)21(3)17-22(4)24(6)29(16-19)39-8/h9,11-12,17-19,22-24,28-29H,10,13-16H2,1-8H3,(H,33,37)/b12-9-,20-11+,21-17+/t19-,22+,23+,24-,28+,29+/m1/s1. The fraction of sp³-hybridized carbons (Fsp3) is 0.594. The van der Waals surface area contributed by atoms with Crippen LogP contribution in [0, 0.1) is 23.7 Å². The molecule has 0 aromatic heterocycles. The van der Waals surface area contributed by atoms with E-state index in [4.69, 9.17) is 9.47 Å². The van der Waals surface area contributed by atoms with Crippen LogP contribution in [0.2, 0.25) is 0 Å². The molecule has 0 aromatic carbocycles. The quantitative estimate of drug-likeness (QED) is 0.406. The molecule has 0 radical (unpaired) electrons. The second kappa shape index (κ2) is 13.5. The molecule has 1 saturated heterocycles. The summed E-state index contributed by atoms with van der Waals surface area (Å²) in [5, 5.41) is 2.71. The van der Waals surface area contributed by atoms with Gasteiger partial charge in [0.1, 0.15) is 0 Å². The highest BCUT2D eigenvalue weighted by atomic mass is 16.5. The Balaban J connectivity index is 2.03. The predicted octanol–water partition coefficient (Wildman–Crippen LogP) is 4.92. The molecule has 3 rings (SSSR count). The number of ether oxygens (including phenoxy) is 2. The summed E-state index contributed by atoms with van der Waals surface area (Å²) in [6.07, 6.45) is 11.1. The van der Waals surface area contributed by atoms with Crippen LogP contribution in [0.15, 0.2) is 58.5 Å². The van der Waals surface area contributed by atoms with E-state index in [2.05, 4.69) is 46.0 Å². The maximum absolute atomic E-state index is 13.7. The fourth-order valence-corrected chi connectivity index (χ4v) is 5.58. The molecule has 2 bridgehead atoms. The zero-order valence-corrected chi connectivity index (χ0v) is 24.9. The summed E-state index contributed by atoms with van der Waals surface area (Å²) < 4.78 is 11.7. The minimum Gasteiger partial charge on any atom is -0.381 e. The summed E-state index contributed by atoms with van der Waals surface area (Å²) in [4.78, 5) is 41.9. The molecule has 6 atom stereocenters. The topological polar surface area (TPSA) is 84.9 Å². The van der Waals surface area contributed by atoms with Gasteiger partial charge < -0.3 is 19.7 Å². The fourth-order valence-electron chi connectivity index (χ4n) is 5.58. The average molecular weight is 539 g/mol. The van der Waals surface area contributed by atoms with Crippen molar-refractivity contribution in [2.45, 2.75) is 73.0 Å². The number of carbonyl (C=O) groups is 3. The maximum atomic E-state index is 13.7. The molecule has 2 heterocycles. The number of allylic oxidation sites excluding steroid dienone is 5. The van der Waals surface area contributed by atoms with E-state index in [1.807, 2.05) is 17.1 Å². The molecule has 0 unspecified atom stereocenters. The van der Waals surface area contributed by atoms with Crippen LogP contribution in [0.4, 0.5) is 0 Å². The molecular weight excluding hydrogens is 492 g/mol. The van der Waals surface area contributed by atoms with Gasteiger partial charge in [0.05, 0.1) is 23.6 Å². The first kappa shape index (κ1) is 30.8. The largest absolute Gasteiger partial charge is 0.381 e. The summed E-state index contributed by atoms with van der Waals surface area (Å²) in [6.45, 7) is 14.0. The van der Waals surface area contributed by atoms with Crippen molar-refractivity contribution < 1.29 is 23.9 Å². The monoisotopic (exact) mass is 538 g/mol. The molecule has 7 nitrogen and oxygen atoms in total. The lowest BCUT2D eigenvalue weighted by molar-refractivity contribution is -0.120. The van der Waals surface area contributed by atoms with Crippen LogP contribution in [0.25, 0.3) is 0 Å². The Hall–Kier alpha value is -2.77. The number of hydrogen-bond acceptors (Lipinski definition) is 6. The normalized spacial score (nSPS) is 35.3. The van der Waals surface area contributed by atoms with E-state index in [9.17, 15) is 14.4 Å². The number of carbonyl (C=O) groups excluding carboxylic acids is 3. The highest BCUT2D eigenvalue weighted by Crippen LogP contribution is 2.33. The lowest BCUT2D eigenvalue weighted by Crippen LogP contribution is -2.43. The minimum atomic E-state index is -0.412. The summed E-state index contributed by atoms with van der Waals surface area (Å²) >= 11 is 0. The van der Waals surface area contributed by atoms with Crippen molar-refractivity contribution in [3.8, 4) is 0 Å². The van der Waals surface area contributed by atoms with Crippen molar-refractivity contribution >= 4 is 17.5 Å². The van der Waals surface area contributed by atoms with Gasteiger partial charge in [0.15, 0.2) is 0 Å². The van der Waals surface area contributed by atoms with Gasteiger partial charge in [0.2, 0.25) is 11.6 Å². The van der Waals surface area contributed by atoms with Crippen molar-refractivity contribution in [2.24, 2.45) is 23.7 Å². The Labute approximate surface area is 234 Å². The average Bonchev–Trinajstić information content (AvgIpc) is 2.87. The van der Waals surface area contributed by atoms with E-state index in [0.717, 1.165) is 25.9 Å². The van der Waals surface area contributed by atoms with Crippen LogP contribution >= 0.6 is 0 Å². The number of rotatable bonds is 3. The molecule has 1 aliphatic carbocycles. The van der Waals surface area contributed by atoms with Gasteiger partial charge in [-0.25, -0.2) is 0 Å². The molecule has 7 heteroatoms. The molecule has 39 heavy (non-hydrogen) atoms. The molecule has 2 aliphatic heterocycles. The summed E-state index contributed by atoms with van der Waals surface area (Å²) in [5.74, 6) is -0.165. The Kier molecular flexibility index (Phi) is 10.7. The molecule has 0 saturated carbocycles. The molecule has 0 spiro atoms. The number of hydrogen-bond donors (Lipinski definition) is 1. The Bertz CT molecular complexity index is 1110. The Morgan fingerprint density at radius 1 is 1.00 bits per heavy atom. The number of amides is 1. The molecule has 0 aromatic rings. The third-order valence-electron chi connectivity index (χ3n) is 8.65. The third kappa shape index (κ3) is 7.25. The Morgan fingerprint density at radius 3 is 2.28 bits per heavy atom. The van der Waals surface area contributed by atoms with E-state index in [1.54, 1.807) is 27.2 Å². The summed E-state index contributed by atoms with van der Waals surface area (Å²) in [5.41, 5.74) is 2.69. The Morgan fingerprint density at radius 2 is 1.69 bits per heavy atom. The first-order valence-corrected chi connectivity index (χ1v) is 14.2. The number of nitrogens with zero attached hydrogens (tertiary/aromatic N) is 1. The van der Waals surface area contributed by atoms with E-state index < -0.39 is 5.91 Å². The number of methoxy groups -OCH3 is 2. The van der Waals surface area contributed by atoms with Gasteiger partial charge in [-0.05, 0) is 50.9 Å². The summed E-state index contributed by atoms with van der Waals surface area (Å²) in [6, 6.07) is 0. The van der Waals surface area contributed by atoms with E-state index >= 15 is 0 Å². The summed E-state index contributed by atoms with van der Waals surface area (Å²) in [7, 11) is 3.43. The highest BCUT2D eigenvalue weighted by Gasteiger charge is 2.36. The molecular formula is C32H46N2O5. The number of fused-ring (bicyclic) bond motifs is 2. The predicted molar refractivity (Wildman–Crippen MR) is 154 cm³/mol. The van der Waals surface area contributed by atoms with Gasteiger partial charge >= 0.3 is 0 Å². The minimum absolute atomic E-state index is 0.0152. The van der Waals surface area contributed by atoms with Gasteiger partial charge in [0, 0.05) is 50.4 Å². The van der Waals surface area contributed by atoms with Gasteiger partial charge in [-0.2, -0.15) is 0 Å². The molecule has 1 fully saturated rings. The van der Waals surface area contributed by atoms with Crippen LogP contribution in [-0.4, -0.2) is 61.9 Å². The molecule has 3 aliphatic rings. The van der Waals surface area contributed by atoms with Crippen LogP contribution in [0.1, 0.15) is 60.8 Å². The van der Waals surface area contributed by atoms with E-state index in [0.29, 0.717) is 23.3 Å². The van der Waals surface area contributed by atoms with Gasteiger partial charge in [-0.1, -0.05) is 57.6 Å². The first-order chi connectivity index (χ1) is 18.5. The van der Waals surface area contributed by atoms with Crippen molar-refractivity contribution in [1.29, 1.82) is 0 Å². The highest BCUT2D eigenvalue weighted by molar-refractivity contribution is 6.23. The number of Topliss-reactive ketones (excluding diaryl/α,β-unsaturated/α-hetero) is 1. The number of likely N-dealkylation sites (tertiary alicyclic amines) is 1. The van der Waals surface area contributed by atoms with Crippen molar-refractivity contribution in [1.82, 2.24) is 10.2 Å². The van der Waals surface area contributed by atoms with Crippen LogP contribution in [0.5, 0.6) is 0 Å². The van der Waals surface area contributed by atoms with Gasteiger partial charge in [-0.15, -0.1) is 0 Å². The second-order valence-corrected chi connectivity index (χ2v) is 11.5. The van der Waals surface area contributed by atoms with Gasteiger partial charge in [0.25, 0.3) is 5.91 Å². The first-order valence-electron chi connectivity index (χ1n) is 14.2. The molecule has 214 valence electrons. The van der Waals surface area contributed by atoms with Crippen molar-refractivity contribution in [3.63, 3.8) is 0 Å².